The van der Waals surface area contributed by atoms with E-state index in [2.05, 4.69) is 0 Å². The minimum Gasteiger partial charge on any atom is -0.481 e. The molecule has 1 unspecified atom stereocenters. The molecule has 1 rings (SSSR count). The van der Waals surface area contributed by atoms with Gasteiger partial charge in [-0.15, -0.1) is 0 Å². The van der Waals surface area contributed by atoms with Gasteiger partial charge in [-0.2, -0.15) is 0 Å². The highest BCUT2D eigenvalue weighted by Crippen LogP contribution is 2.19. The van der Waals surface area contributed by atoms with Gasteiger partial charge in [0.15, 0.2) is 0 Å². The third kappa shape index (κ3) is 6.53. The van der Waals surface area contributed by atoms with Gasteiger partial charge in [0.05, 0.1) is 5.75 Å². The van der Waals surface area contributed by atoms with E-state index in [9.17, 15) is 18.0 Å². The van der Waals surface area contributed by atoms with E-state index in [1.54, 1.807) is 4.90 Å². The van der Waals surface area contributed by atoms with E-state index in [1.165, 1.54) is 0 Å². The van der Waals surface area contributed by atoms with Gasteiger partial charge in [-0.05, 0) is 12.8 Å². The minimum atomic E-state index is -3.54. The fraction of sp³-hybridized carbons (Fsp3) is 0.818. The number of aliphatic carboxylic acids is 1. The maximum Gasteiger partial charge on any atom is 0.303 e. The first-order chi connectivity index (χ1) is 8.78. The zero-order chi connectivity index (χ0) is 14.5. The first-order valence-electron chi connectivity index (χ1n) is 6.28. The Hall–Kier alpha value is -1.15. The first-order valence-corrected chi connectivity index (χ1v) is 7.99. The second-order valence-corrected chi connectivity index (χ2v) is 6.60. The molecule has 0 radical (unpaired) electrons. The Labute approximate surface area is 112 Å². The van der Waals surface area contributed by atoms with Crippen LogP contribution in [-0.2, 0) is 19.6 Å². The number of amides is 1. The number of sulfonamides is 1. The quantitative estimate of drug-likeness (QED) is 0.599. The number of unbranched alkanes of at least 4 members (excludes halogenated alkanes) is 2. The van der Waals surface area contributed by atoms with E-state index in [-0.39, 0.29) is 30.4 Å². The summed E-state index contributed by atoms with van der Waals surface area (Å²) in [5, 5.41) is 13.4. The zero-order valence-electron chi connectivity index (χ0n) is 10.7. The highest BCUT2D eigenvalue weighted by atomic mass is 32.2. The number of likely N-dealkylation sites (tertiary alicyclic amines) is 1. The summed E-state index contributed by atoms with van der Waals surface area (Å²) in [6.45, 7) is 0.980. The Morgan fingerprint density at radius 1 is 1.37 bits per heavy atom. The molecule has 3 N–H and O–H groups in total. The average molecular weight is 292 g/mol. The molecule has 1 saturated heterocycles. The molecular formula is C11H20N2O5S. The van der Waals surface area contributed by atoms with Crippen LogP contribution in [0.5, 0.6) is 0 Å². The molecule has 0 aromatic rings. The second-order valence-electron chi connectivity index (χ2n) is 4.94. The largest absolute Gasteiger partial charge is 0.481 e. The monoisotopic (exact) mass is 292 g/mol. The Morgan fingerprint density at radius 2 is 2.05 bits per heavy atom. The predicted octanol–water partition coefficient (Wildman–Crippen LogP) is -0.232. The third-order valence-electron chi connectivity index (χ3n) is 3.08. The van der Waals surface area contributed by atoms with Crippen LogP contribution in [0.3, 0.4) is 0 Å². The summed E-state index contributed by atoms with van der Waals surface area (Å²) in [6.07, 6.45) is 2.45. The number of primary sulfonamides is 1. The number of hydrogen-bond acceptors (Lipinski definition) is 4. The van der Waals surface area contributed by atoms with Crippen molar-refractivity contribution in [3.63, 3.8) is 0 Å². The second kappa shape index (κ2) is 6.85. The van der Waals surface area contributed by atoms with Crippen LogP contribution in [0, 0.1) is 5.92 Å². The molecule has 0 aliphatic carbocycles. The number of carbonyl (C=O) groups excluding carboxylic acids is 1. The lowest BCUT2D eigenvalue weighted by molar-refractivity contribution is -0.137. The van der Waals surface area contributed by atoms with E-state index in [4.69, 9.17) is 10.2 Å². The molecule has 7 nitrogen and oxygen atoms in total. The summed E-state index contributed by atoms with van der Waals surface area (Å²) in [5.41, 5.74) is 0. The molecule has 110 valence electrons. The number of rotatable bonds is 8. The number of carboxylic acids is 1. The maximum absolute atomic E-state index is 11.6. The summed E-state index contributed by atoms with van der Waals surface area (Å²) in [6, 6.07) is 0. The smallest absolute Gasteiger partial charge is 0.303 e. The van der Waals surface area contributed by atoms with Crippen molar-refractivity contribution < 1.29 is 23.1 Å². The summed E-state index contributed by atoms with van der Waals surface area (Å²) in [5.74, 6) is -1.24. The SMILES string of the molecule is NS(=O)(=O)CC1CC(=O)N(CCCCCC(=O)O)C1. The standard InChI is InChI=1S/C11H20N2O5S/c12-19(17,18)8-9-6-10(14)13(7-9)5-3-1-2-4-11(15)16/h9H,1-8H2,(H,15,16)(H2,12,17,18). The zero-order valence-corrected chi connectivity index (χ0v) is 11.6. The Balaban J connectivity index is 2.24. The molecule has 1 aliphatic rings. The third-order valence-corrected chi connectivity index (χ3v) is 4.02. The lowest BCUT2D eigenvalue weighted by atomic mass is 10.1. The number of carbonyl (C=O) groups is 2. The van der Waals surface area contributed by atoms with E-state index in [0.29, 0.717) is 19.5 Å². The van der Waals surface area contributed by atoms with Gasteiger partial charge < -0.3 is 10.0 Å². The van der Waals surface area contributed by atoms with Gasteiger partial charge in [-0.3, -0.25) is 9.59 Å². The van der Waals surface area contributed by atoms with Gasteiger partial charge >= 0.3 is 5.97 Å². The number of nitrogens with two attached hydrogens (primary N) is 1. The number of carboxylic acid groups (broad SMARTS) is 1. The van der Waals surface area contributed by atoms with Crippen molar-refractivity contribution in [1.82, 2.24) is 4.90 Å². The van der Waals surface area contributed by atoms with Crippen LogP contribution >= 0.6 is 0 Å². The van der Waals surface area contributed by atoms with Gasteiger partial charge in [0.25, 0.3) is 0 Å². The maximum atomic E-state index is 11.6. The molecule has 1 atom stereocenters. The highest BCUT2D eigenvalue weighted by Gasteiger charge is 2.31. The van der Waals surface area contributed by atoms with Crippen molar-refractivity contribution in [2.75, 3.05) is 18.8 Å². The van der Waals surface area contributed by atoms with E-state index < -0.39 is 16.0 Å². The van der Waals surface area contributed by atoms with Gasteiger partial charge in [0.1, 0.15) is 0 Å². The van der Waals surface area contributed by atoms with Crippen molar-refractivity contribution in [1.29, 1.82) is 0 Å². The van der Waals surface area contributed by atoms with Gasteiger partial charge in [0, 0.05) is 31.8 Å². The Bertz CT molecular complexity index is 434. The van der Waals surface area contributed by atoms with Gasteiger partial charge in [-0.25, -0.2) is 13.6 Å². The molecule has 0 saturated carbocycles. The van der Waals surface area contributed by atoms with E-state index in [0.717, 1.165) is 12.8 Å². The van der Waals surface area contributed by atoms with Crippen LogP contribution < -0.4 is 5.14 Å². The summed E-state index contributed by atoms with van der Waals surface area (Å²) >= 11 is 0. The van der Waals surface area contributed by atoms with Crippen molar-refractivity contribution in [3.8, 4) is 0 Å². The van der Waals surface area contributed by atoms with Crippen molar-refractivity contribution in [2.45, 2.75) is 32.1 Å². The van der Waals surface area contributed by atoms with Crippen molar-refractivity contribution in [2.24, 2.45) is 11.1 Å². The van der Waals surface area contributed by atoms with Crippen LogP contribution in [0.15, 0.2) is 0 Å². The summed E-state index contributed by atoms with van der Waals surface area (Å²) in [7, 11) is -3.54. The molecule has 8 heteroatoms. The van der Waals surface area contributed by atoms with E-state index >= 15 is 0 Å². The van der Waals surface area contributed by atoms with Crippen LogP contribution in [0.4, 0.5) is 0 Å². The Kier molecular flexibility index (Phi) is 5.74. The lowest BCUT2D eigenvalue weighted by Crippen LogP contribution is -2.28. The normalized spacial score (nSPS) is 19.9. The van der Waals surface area contributed by atoms with Gasteiger partial charge in [-0.1, -0.05) is 6.42 Å². The molecule has 1 aliphatic heterocycles. The Morgan fingerprint density at radius 3 is 2.63 bits per heavy atom. The van der Waals surface area contributed by atoms with Crippen molar-refractivity contribution >= 4 is 21.9 Å². The molecule has 1 fully saturated rings. The first kappa shape index (κ1) is 15.9. The van der Waals surface area contributed by atoms with Crippen LogP contribution in [0.25, 0.3) is 0 Å². The van der Waals surface area contributed by atoms with Crippen LogP contribution in [-0.4, -0.2) is 49.1 Å². The minimum absolute atomic E-state index is 0.0492. The lowest BCUT2D eigenvalue weighted by Gasteiger charge is -2.16. The summed E-state index contributed by atoms with van der Waals surface area (Å²) < 4.78 is 21.9. The average Bonchev–Trinajstić information content (AvgIpc) is 2.55. The highest BCUT2D eigenvalue weighted by molar-refractivity contribution is 7.89. The molecule has 0 aromatic carbocycles. The molecule has 19 heavy (non-hydrogen) atoms. The molecule has 0 aromatic heterocycles. The van der Waals surface area contributed by atoms with Crippen LogP contribution in [0.2, 0.25) is 0 Å². The van der Waals surface area contributed by atoms with Crippen molar-refractivity contribution in [3.05, 3.63) is 0 Å². The number of nitrogens with zero attached hydrogens (tertiary/aromatic N) is 1. The predicted molar refractivity (Wildman–Crippen MR) is 68.8 cm³/mol. The fourth-order valence-electron chi connectivity index (χ4n) is 2.27. The topological polar surface area (TPSA) is 118 Å². The molecular weight excluding hydrogens is 272 g/mol. The van der Waals surface area contributed by atoms with E-state index in [1.807, 2.05) is 0 Å². The summed E-state index contributed by atoms with van der Waals surface area (Å²) in [4.78, 5) is 23.6. The number of hydrogen-bond donors (Lipinski definition) is 2. The van der Waals surface area contributed by atoms with Gasteiger partial charge in [0.2, 0.25) is 15.9 Å². The molecule has 1 heterocycles. The molecule has 0 spiro atoms. The fourth-order valence-corrected chi connectivity index (χ4v) is 3.15. The molecule has 0 bridgehead atoms. The molecule has 1 amide bonds. The van der Waals surface area contributed by atoms with Crippen LogP contribution in [0.1, 0.15) is 32.1 Å².